The first-order chi connectivity index (χ1) is 13.5. The van der Waals surface area contributed by atoms with Gasteiger partial charge in [-0.15, -0.1) is 0 Å². The Bertz CT molecular complexity index is 745. The van der Waals surface area contributed by atoms with Crippen LogP contribution in [0.4, 0.5) is 0 Å². The third-order valence-electron chi connectivity index (χ3n) is 6.77. The van der Waals surface area contributed by atoms with E-state index in [1.807, 2.05) is 40.7 Å². The monoisotopic (exact) mass is 456 g/mol. The van der Waals surface area contributed by atoms with Crippen molar-refractivity contribution in [2.45, 2.75) is 90.8 Å². The van der Waals surface area contributed by atoms with Crippen molar-refractivity contribution in [1.82, 2.24) is 0 Å². The SMILES string of the molecule is Cc1c(B2OC(C)(C)C(C)(C)O2)ccc(OC[C@H](O)CO[Si](C)(C)C(C)(C)C)c1Cl. The molecular formula is C22H38BClO5Si. The fraction of sp³-hybridized carbons (Fsp3) is 0.727. The van der Waals surface area contributed by atoms with Gasteiger partial charge in [-0.25, -0.2) is 0 Å². The topological polar surface area (TPSA) is 57.2 Å². The summed E-state index contributed by atoms with van der Waals surface area (Å²) < 4.78 is 24.1. The molecule has 0 amide bonds. The zero-order valence-corrected chi connectivity index (χ0v) is 21.9. The summed E-state index contributed by atoms with van der Waals surface area (Å²) in [6, 6.07) is 3.72. The second-order valence-electron chi connectivity index (χ2n) is 10.7. The lowest BCUT2D eigenvalue weighted by atomic mass is 9.76. The van der Waals surface area contributed by atoms with Crippen LogP contribution in [0.2, 0.25) is 23.2 Å². The second kappa shape index (κ2) is 8.76. The average Bonchev–Trinajstić information content (AvgIpc) is 2.80. The number of aliphatic hydroxyl groups excluding tert-OH is 1. The highest BCUT2D eigenvalue weighted by Crippen LogP contribution is 2.38. The van der Waals surface area contributed by atoms with Crippen LogP contribution in [-0.4, -0.2) is 51.1 Å². The molecule has 0 radical (unpaired) electrons. The van der Waals surface area contributed by atoms with Gasteiger partial charge in [-0.2, -0.15) is 0 Å². The summed E-state index contributed by atoms with van der Waals surface area (Å²) in [5.74, 6) is 0.529. The molecule has 1 aromatic carbocycles. The van der Waals surface area contributed by atoms with Crippen LogP contribution in [0.5, 0.6) is 5.75 Å². The van der Waals surface area contributed by atoms with Crippen LogP contribution in [0.3, 0.4) is 0 Å². The van der Waals surface area contributed by atoms with E-state index in [0.29, 0.717) is 10.8 Å². The molecule has 0 unspecified atom stereocenters. The minimum Gasteiger partial charge on any atom is -0.489 e. The molecule has 0 bridgehead atoms. The molecule has 5 nitrogen and oxygen atoms in total. The van der Waals surface area contributed by atoms with Crippen LogP contribution in [0.25, 0.3) is 0 Å². The molecule has 170 valence electrons. The fourth-order valence-corrected chi connectivity index (χ4v) is 4.04. The van der Waals surface area contributed by atoms with Crippen molar-refractivity contribution in [2.75, 3.05) is 13.2 Å². The Morgan fingerprint density at radius 1 is 1.10 bits per heavy atom. The van der Waals surface area contributed by atoms with E-state index in [1.54, 1.807) is 6.07 Å². The summed E-state index contributed by atoms with van der Waals surface area (Å²) in [6.07, 6.45) is -0.724. The number of ether oxygens (including phenoxy) is 1. The highest BCUT2D eigenvalue weighted by Gasteiger charge is 2.52. The maximum Gasteiger partial charge on any atom is 0.495 e. The van der Waals surface area contributed by atoms with Crippen LogP contribution in [0.15, 0.2) is 12.1 Å². The summed E-state index contributed by atoms with van der Waals surface area (Å²) in [5, 5.41) is 10.9. The van der Waals surface area contributed by atoms with Crippen molar-refractivity contribution >= 4 is 32.5 Å². The molecule has 0 spiro atoms. The van der Waals surface area contributed by atoms with E-state index in [9.17, 15) is 5.11 Å². The van der Waals surface area contributed by atoms with E-state index in [0.717, 1.165) is 11.0 Å². The van der Waals surface area contributed by atoms with Crippen molar-refractivity contribution in [3.05, 3.63) is 22.7 Å². The Morgan fingerprint density at radius 2 is 1.63 bits per heavy atom. The molecule has 0 aliphatic carbocycles. The normalized spacial score (nSPS) is 19.8. The molecular weight excluding hydrogens is 419 g/mol. The van der Waals surface area contributed by atoms with Gasteiger partial charge in [0.15, 0.2) is 8.32 Å². The zero-order valence-electron chi connectivity index (χ0n) is 20.2. The number of benzene rings is 1. The Balaban J connectivity index is 2.01. The molecule has 1 fully saturated rings. The molecule has 8 heteroatoms. The van der Waals surface area contributed by atoms with Gasteiger partial charge < -0.3 is 23.6 Å². The quantitative estimate of drug-likeness (QED) is 0.602. The van der Waals surface area contributed by atoms with Gasteiger partial charge in [0.05, 0.1) is 22.8 Å². The summed E-state index contributed by atoms with van der Waals surface area (Å²) >= 11 is 6.57. The number of rotatable bonds is 7. The minimum atomic E-state index is -1.91. The number of hydrogen-bond acceptors (Lipinski definition) is 5. The van der Waals surface area contributed by atoms with E-state index in [-0.39, 0.29) is 18.3 Å². The fourth-order valence-electron chi connectivity index (χ4n) is 2.77. The van der Waals surface area contributed by atoms with Crippen molar-refractivity contribution in [3.63, 3.8) is 0 Å². The average molecular weight is 457 g/mol. The third kappa shape index (κ3) is 5.43. The number of aliphatic hydroxyl groups is 1. The van der Waals surface area contributed by atoms with Crippen LogP contribution in [0.1, 0.15) is 54.0 Å². The predicted molar refractivity (Wildman–Crippen MR) is 127 cm³/mol. The van der Waals surface area contributed by atoms with Gasteiger partial charge in [0.25, 0.3) is 0 Å². The van der Waals surface area contributed by atoms with Crippen LogP contribution in [0, 0.1) is 6.92 Å². The first-order valence-electron chi connectivity index (χ1n) is 10.6. The van der Waals surface area contributed by atoms with E-state index < -0.39 is 32.7 Å². The van der Waals surface area contributed by atoms with E-state index in [2.05, 4.69) is 33.9 Å². The van der Waals surface area contributed by atoms with Gasteiger partial charge in [0.1, 0.15) is 18.5 Å². The van der Waals surface area contributed by atoms with Gasteiger partial charge in [-0.3, -0.25) is 0 Å². The molecule has 2 rings (SSSR count). The molecule has 0 saturated carbocycles. The smallest absolute Gasteiger partial charge is 0.489 e. The lowest BCUT2D eigenvalue weighted by Gasteiger charge is -2.36. The zero-order chi connectivity index (χ0) is 23.1. The standard InChI is InChI=1S/C22H38BClO5Si/c1-15-17(23-28-21(5,6)22(7,8)29-23)11-12-18(19(15)24)26-13-16(25)14-27-30(9,10)20(2,3)4/h11-12,16,25H,13-14H2,1-10H3/t16-/m0/s1. The Hall–Kier alpha value is -0.568. The Morgan fingerprint density at radius 3 is 2.13 bits per heavy atom. The lowest BCUT2D eigenvalue weighted by molar-refractivity contribution is 0.00578. The Labute approximate surface area is 188 Å². The van der Waals surface area contributed by atoms with Crippen molar-refractivity contribution in [1.29, 1.82) is 0 Å². The summed E-state index contributed by atoms with van der Waals surface area (Å²) in [5.41, 5.74) is 0.896. The summed E-state index contributed by atoms with van der Waals surface area (Å²) in [7, 11) is -2.39. The van der Waals surface area contributed by atoms with Gasteiger partial charge in [-0.05, 0) is 69.8 Å². The second-order valence-corrected chi connectivity index (χ2v) is 15.9. The first-order valence-corrected chi connectivity index (χ1v) is 13.9. The highest BCUT2D eigenvalue weighted by atomic mass is 35.5. The highest BCUT2D eigenvalue weighted by molar-refractivity contribution is 6.74. The summed E-state index contributed by atoms with van der Waals surface area (Å²) in [6.45, 7) is 21.2. The molecule has 1 aromatic rings. The van der Waals surface area contributed by atoms with Crippen LogP contribution in [-0.2, 0) is 13.7 Å². The number of halogens is 1. The molecule has 1 atom stereocenters. The predicted octanol–water partition coefficient (Wildman–Crippen LogP) is 4.71. The Kier molecular flexibility index (Phi) is 7.50. The van der Waals surface area contributed by atoms with Crippen molar-refractivity contribution in [3.8, 4) is 5.75 Å². The minimum absolute atomic E-state index is 0.0946. The molecule has 1 N–H and O–H groups in total. The molecule has 1 aliphatic heterocycles. The van der Waals surface area contributed by atoms with Gasteiger partial charge in [0, 0.05) is 0 Å². The maximum atomic E-state index is 10.3. The van der Waals surface area contributed by atoms with Crippen molar-refractivity contribution in [2.24, 2.45) is 0 Å². The van der Waals surface area contributed by atoms with Crippen molar-refractivity contribution < 1.29 is 23.6 Å². The van der Waals surface area contributed by atoms with Gasteiger partial charge in [0.2, 0.25) is 0 Å². The largest absolute Gasteiger partial charge is 0.495 e. The molecule has 1 aliphatic rings. The molecule has 30 heavy (non-hydrogen) atoms. The number of hydrogen-bond donors (Lipinski definition) is 1. The van der Waals surface area contributed by atoms with E-state index >= 15 is 0 Å². The third-order valence-corrected chi connectivity index (χ3v) is 11.7. The summed E-state index contributed by atoms with van der Waals surface area (Å²) in [4.78, 5) is 0. The van der Waals surface area contributed by atoms with Crippen LogP contribution >= 0.6 is 11.6 Å². The van der Waals surface area contributed by atoms with E-state index in [4.69, 9.17) is 30.1 Å². The van der Waals surface area contributed by atoms with Gasteiger partial charge >= 0.3 is 7.12 Å². The molecule has 1 saturated heterocycles. The van der Waals surface area contributed by atoms with E-state index in [1.165, 1.54) is 0 Å². The first kappa shape index (κ1) is 25.7. The molecule has 1 heterocycles. The molecule has 0 aromatic heterocycles. The van der Waals surface area contributed by atoms with Gasteiger partial charge in [-0.1, -0.05) is 38.4 Å². The lowest BCUT2D eigenvalue weighted by Crippen LogP contribution is -2.43. The van der Waals surface area contributed by atoms with Crippen LogP contribution < -0.4 is 10.2 Å². The maximum absolute atomic E-state index is 10.3.